The second-order valence-corrected chi connectivity index (χ2v) is 9.57. The Bertz CT molecular complexity index is 704. The molecule has 0 bridgehead atoms. The summed E-state index contributed by atoms with van der Waals surface area (Å²) in [5, 5.41) is 7.89. The van der Waals surface area contributed by atoms with Crippen LogP contribution in [0.1, 0.15) is 60.0 Å². The molecule has 2 fully saturated rings. The molecule has 0 spiro atoms. The topological polar surface area (TPSA) is 83.6 Å². The molecule has 9 heteroatoms. The maximum atomic E-state index is 12.7. The number of halogens is 1. The number of nitrogens with zero attached hydrogens (tertiary/aromatic N) is 2. The lowest BCUT2D eigenvalue weighted by molar-refractivity contribution is -0.146. The van der Waals surface area contributed by atoms with Crippen molar-refractivity contribution in [3.63, 3.8) is 0 Å². The van der Waals surface area contributed by atoms with Crippen LogP contribution in [0, 0.1) is 5.92 Å². The highest BCUT2D eigenvalue weighted by Crippen LogP contribution is 2.33. The van der Waals surface area contributed by atoms with E-state index in [0.29, 0.717) is 5.92 Å². The summed E-state index contributed by atoms with van der Waals surface area (Å²) >= 11 is 1.89. The third-order valence-electron chi connectivity index (χ3n) is 6.58. The molecule has 1 aromatic rings. The number of fused-ring (bicyclic) bond motifs is 1. The Kier molecular flexibility index (Phi) is 8.36. The number of hydrogen-bond donors (Lipinski definition) is 2. The van der Waals surface area contributed by atoms with Gasteiger partial charge in [-0.25, -0.2) is 9.78 Å². The number of methoxy groups -OCH3 is 1. The smallest absolute Gasteiger partial charge is 0.317 e. The lowest BCUT2D eigenvalue weighted by atomic mass is 9.86. The number of thiazole rings is 1. The average Bonchev–Trinajstić information content (AvgIpc) is 3.04. The normalized spacial score (nSPS) is 24.9. The van der Waals surface area contributed by atoms with E-state index < -0.39 is 0 Å². The van der Waals surface area contributed by atoms with Crippen molar-refractivity contribution >= 4 is 35.7 Å². The summed E-state index contributed by atoms with van der Waals surface area (Å²) < 4.78 is 4.84. The SMILES string of the molecule is COC(=O)C1CCC(NC(=O)N2CCC(c3nc4c(s3)CCNCC4)CC2)CC1.Cl. The fourth-order valence-electron chi connectivity index (χ4n) is 4.74. The number of urea groups is 1. The molecule has 7 nitrogen and oxygen atoms in total. The number of rotatable bonds is 3. The number of carbonyl (C=O) groups is 2. The van der Waals surface area contributed by atoms with E-state index in [4.69, 9.17) is 9.72 Å². The minimum absolute atomic E-state index is 0. The number of esters is 1. The predicted octanol–water partition coefficient (Wildman–Crippen LogP) is 2.87. The largest absolute Gasteiger partial charge is 0.469 e. The van der Waals surface area contributed by atoms with Crippen molar-refractivity contribution < 1.29 is 14.3 Å². The molecular weight excluding hydrogens is 424 g/mol. The van der Waals surface area contributed by atoms with Gasteiger partial charge in [-0.05, 0) is 44.9 Å². The van der Waals surface area contributed by atoms with Crippen molar-refractivity contribution in [1.82, 2.24) is 20.5 Å². The van der Waals surface area contributed by atoms with Crippen LogP contribution in [0.3, 0.4) is 0 Å². The Morgan fingerprint density at radius 2 is 1.80 bits per heavy atom. The summed E-state index contributed by atoms with van der Waals surface area (Å²) in [7, 11) is 1.44. The van der Waals surface area contributed by atoms with Crippen molar-refractivity contribution in [2.75, 3.05) is 33.3 Å². The number of piperidine rings is 1. The third-order valence-corrected chi connectivity index (χ3v) is 7.90. The van der Waals surface area contributed by atoms with Gasteiger partial charge < -0.3 is 20.3 Å². The Morgan fingerprint density at radius 3 is 2.50 bits per heavy atom. The number of hydrogen-bond acceptors (Lipinski definition) is 6. The molecule has 2 amide bonds. The van der Waals surface area contributed by atoms with E-state index >= 15 is 0 Å². The Hall–Kier alpha value is -1.38. The van der Waals surface area contributed by atoms with Gasteiger partial charge in [0.1, 0.15) is 0 Å². The first-order chi connectivity index (χ1) is 14.1. The quantitative estimate of drug-likeness (QED) is 0.683. The molecule has 1 aliphatic carbocycles. The van der Waals surface area contributed by atoms with Crippen LogP contribution in [0.5, 0.6) is 0 Å². The van der Waals surface area contributed by atoms with Gasteiger partial charge in [0.15, 0.2) is 0 Å². The number of carbonyl (C=O) groups excluding carboxylic acids is 2. The molecule has 3 heterocycles. The summed E-state index contributed by atoms with van der Waals surface area (Å²) in [6.07, 6.45) is 7.40. The summed E-state index contributed by atoms with van der Waals surface area (Å²) in [6, 6.07) is 0.218. The molecule has 1 saturated carbocycles. The zero-order valence-electron chi connectivity index (χ0n) is 17.7. The Labute approximate surface area is 188 Å². The fraction of sp³-hybridized carbons (Fsp3) is 0.762. The lowest BCUT2D eigenvalue weighted by Gasteiger charge is -2.34. The maximum absolute atomic E-state index is 12.7. The molecule has 0 unspecified atom stereocenters. The molecule has 30 heavy (non-hydrogen) atoms. The van der Waals surface area contributed by atoms with Crippen LogP contribution in [-0.2, 0) is 22.4 Å². The van der Waals surface area contributed by atoms with Gasteiger partial charge in [0.05, 0.1) is 23.7 Å². The highest BCUT2D eigenvalue weighted by Gasteiger charge is 2.31. The van der Waals surface area contributed by atoms with Crippen molar-refractivity contribution in [2.24, 2.45) is 5.92 Å². The molecule has 2 aliphatic heterocycles. The Morgan fingerprint density at radius 1 is 1.10 bits per heavy atom. The lowest BCUT2D eigenvalue weighted by Crippen LogP contribution is -2.48. The van der Waals surface area contributed by atoms with E-state index in [1.54, 1.807) is 0 Å². The van der Waals surface area contributed by atoms with Crippen LogP contribution in [0.4, 0.5) is 4.79 Å². The summed E-state index contributed by atoms with van der Waals surface area (Å²) in [4.78, 5) is 32.7. The van der Waals surface area contributed by atoms with Gasteiger partial charge in [-0.2, -0.15) is 0 Å². The van der Waals surface area contributed by atoms with Gasteiger partial charge in [0.2, 0.25) is 0 Å². The summed E-state index contributed by atoms with van der Waals surface area (Å²) in [6.45, 7) is 3.66. The minimum atomic E-state index is -0.118. The van der Waals surface area contributed by atoms with E-state index in [2.05, 4.69) is 10.6 Å². The van der Waals surface area contributed by atoms with Crippen molar-refractivity contribution in [1.29, 1.82) is 0 Å². The second kappa shape index (κ2) is 10.8. The minimum Gasteiger partial charge on any atom is -0.469 e. The average molecular weight is 457 g/mol. The van der Waals surface area contributed by atoms with Crippen LogP contribution in [0.15, 0.2) is 0 Å². The third kappa shape index (κ3) is 5.45. The van der Waals surface area contributed by atoms with Gasteiger partial charge in [-0.3, -0.25) is 4.79 Å². The summed E-state index contributed by atoms with van der Waals surface area (Å²) in [5.41, 5.74) is 1.29. The van der Waals surface area contributed by atoms with Gasteiger partial charge in [-0.15, -0.1) is 23.7 Å². The van der Waals surface area contributed by atoms with Gasteiger partial charge >= 0.3 is 12.0 Å². The first-order valence-electron chi connectivity index (χ1n) is 11.0. The molecule has 0 aromatic carbocycles. The van der Waals surface area contributed by atoms with Crippen molar-refractivity contribution in [3.8, 4) is 0 Å². The molecule has 4 rings (SSSR count). The van der Waals surface area contributed by atoms with Gasteiger partial charge in [-0.1, -0.05) is 0 Å². The van der Waals surface area contributed by atoms with Crippen LogP contribution < -0.4 is 10.6 Å². The number of nitrogens with one attached hydrogen (secondary N) is 2. The van der Waals surface area contributed by atoms with E-state index in [1.165, 1.54) is 22.7 Å². The van der Waals surface area contributed by atoms with Gasteiger partial charge in [0.25, 0.3) is 0 Å². The van der Waals surface area contributed by atoms with E-state index in [0.717, 1.165) is 77.5 Å². The molecule has 168 valence electrons. The van der Waals surface area contributed by atoms with E-state index in [9.17, 15) is 9.59 Å². The molecule has 2 N–H and O–H groups in total. The van der Waals surface area contributed by atoms with E-state index in [1.807, 2.05) is 16.2 Å². The van der Waals surface area contributed by atoms with Crippen molar-refractivity contribution in [3.05, 3.63) is 15.6 Å². The number of amides is 2. The first-order valence-corrected chi connectivity index (χ1v) is 11.8. The van der Waals surface area contributed by atoms with Crippen LogP contribution in [-0.4, -0.2) is 61.2 Å². The van der Waals surface area contributed by atoms with Crippen molar-refractivity contribution in [2.45, 2.75) is 63.3 Å². The number of aromatic nitrogens is 1. The molecule has 1 aromatic heterocycles. The maximum Gasteiger partial charge on any atom is 0.317 e. The van der Waals surface area contributed by atoms with E-state index in [-0.39, 0.29) is 36.4 Å². The summed E-state index contributed by atoms with van der Waals surface area (Å²) in [5.74, 6) is 0.361. The van der Waals surface area contributed by atoms with Crippen LogP contribution in [0.2, 0.25) is 0 Å². The first kappa shape index (κ1) is 23.3. The highest BCUT2D eigenvalue weighted by molar-refractivity contribution is 7.11. The predicted molar refractivity (Wildman–Crippen MR) is 119 cm³/mol. The number of likely N-dealkylation sites (tertiary alicyclic amines) is 1. The zero-order valence-corrected chi connectivity index (χ0v) is 19.3. The molecule has 3 aliphatic rings. The molecule has 0 radical (unpaired) electrons. The monoisotopic (exact) mass is 456 g/mol. The zero-order chi connectivity index (χ0) is 20.2. The Balaban J connectivity index is 0.00000256. The molecular formula is C21H33ClN4O3S. The number of ether oxygens (including phenoxy) is 1. The van der Waals surface area contributed by atoms with Crippen LogP contribution in [0.25, 0.3) is 0 Å². The van der Waals surface area contributed by atoms with Crippen LogP contribution >= 0.6 is 23.7 Å². The standard InChI is InChI=1S/C21H32N4O3S.ClH/c1-28-20(26)15-2-4-16(5-3-15)23-21(27)25-12-8-14(9-13-25)19-24-17-6-10-22-11-7-18(17)29-19;/h14-16,22H,2-13H2,1H3,(H,23,27);1H. The molecule has 0 atom stereocenters. The van der Waals surface area contributed by atoms with Gasteiger partial charge in [0, 0.05) is 49.4 Å². The highest BCUT2D eigenvalue weighted by atomic mass is 35.5. The molecule has 1 saturated heterocycles. The fourth-order valence-corrected chi connectivity index (χ4v) is 6.02. The second-order valence-electron chi connectivity index (χ2n) is 8.45.